The maximum atomic E-state index is 10.5. The number of rotatable bonds is 3. The molecule has 0 spiro atoms. The van der Waals surface area contributed by atoms with E-state index in [9.17, 15) is 5.11 Å². The first kappa shape index (κ1) is 15.8. The van der Waals surface area contributed by atoms with Crippen molar-refractivity contribution >= 4 is 0 Å². The van der Waals surface area contributed by atoms with Crippen molar-refractivity contribution < 1.29 is 5.11 Å². The molecule has 3 unspecified atom stereocenters. The average molecular weight is 294 g/mol. The third-order valence-corrected chi connectivity index (χ3v) is 6.10. The van der Waals surface area contributed by atoms with Crippen molar-refractivity contribution in [2.45, 2.75) is 65.0 Å². The molecule has 3 heteroatoms. The van der Waals surface area contributed by atoms with Gasteiger partial charge >= 0.3 is 0 Å². The molecule has 0 bridgehead atoms. The Bertz CT molecular complexity index is 340. The van der Waals surface area contributed by atoms with E-state index in [0.29, 0.717) is 11.5 Å². The summed E-state index contributed by atoms with van der Waals surface area (Å²) in [5.41, 5.74) is 0.381. The topological polar surface area (TPSA) is 26.7 Å². The fourth-order valence-electron chi connectivity index (χ4n) is 4.25. The highest BCUT2D eigenvalue weighted by Gasteiger charge is 2.38. The van der Waals surface area contributed by atoms with Gasteiger partial charge in [0.05, 0.1) is 6.10 Å². The van der Waals surface area contributed by atoms with Crippen LogP contribution in [0.3, 0.4) is 0 Å². The summed E-state index contributed by atoms with van der Waals surface area (Å²) in [7, 11) is 0. The monoisotopic (exact) mass is 294 g/mol. The lowest BCUT2D eigenvalue weighted by molar-refractivity contribution is -0.0333. The number of hydrogen-bond donors (Lipinski definition) is 1. The van der Waals surface area contributed by atoms with Crippen molar-refractivity contribution in [1.29, 1.82) is 0 Å². The molecule has 0 aromatic rings. The third kappa shape index (κ3) is 4.00. The highest BCUT2D eigenvalue weighted by Crippen LogP contribution is 2.39. The van der Waals surface area contributed by atoms with E-state index in [1.165, 1.54) is 45.3 Å². The van der Waals surface area contributed by atoms with E-state index in [-0.39, 0.29) is 6.10 Å². The van der Waals surface area contributed by atoms with Gasteiger partial charge in [-0.15, -0.1) is 0 Å². The molecule has 3 fully saturated rings. The van der Waals surface area contributed by atoms with Crippen LogP contribution in [0, 0.1) is 17.3 Å². The predicted molar refractivity (Wildman–Crippen MR) is 87.3 cm³/mol. The molecule has 2 aliphatic carbocycles. The molecule has 1 aliphatic heterocycles. The minimum atomic E-state index is -0.0985. The standard InChI is InChI=1S/C18H34N2O/c1-18(2,3)15-6-7-17(21)16(12-15)20-10-8-19(9-11-20)13-14-4-5-14/h14-17,21H,4-13H2,1-3H3. The van der Waals surface area contributed by atoms with Crippen LogP contribution in [0.25, 0.3) is 0 Å². The van der Waals surface area contributed by atoms with Crippen LogP contribution in [0.5, 0.6) is 0 Å². The van der Waals surface area contributed by atoms with Gasteiger partial charge in [-0.05, 0) is 49.4 Å². The fourth-order valence-corrected chi connectivity index (χ4v) is 4.25. The second kappa shape index (κ2) is 6.17. The average Bonchev–Trinajstić information content (AvgIpc) is 3.23. The summed E-state index contributed by atoms with van der Waals surface area (Å²) in [6.07, 6.45) is 6.19. The van der Waals surface area contributed by atoms with Crippen molar-refractivity contribution in [2.24, 2.45) is 17.3 Å². The molecule has 2 saturated carbocycles. The van der Waals surface area contributed by atoms with E-state index >= 15 is 0 Å². The molecule has 3 aliphatic rings. The Morgan fingerprint density at radius 3 is 2.19 bits per heavy atom. The molecule has 1 heterocycles. The Balaban J connectivity index is 1.52. The Labute approximate surface area is 130 Å². The number of hydrogen-bond acceptors (Lipinski definition) is 3. The van der Waals surface area contributed by atoms with Crippen LogP contribution in [-0.4, -0.2) is 59.8 Å². The first-order chi connectivity index (χ1) is 9.93. The summed E-state index contributed by atoms with van der Waals surface area (Å²) < 4.78 is 0. The van der Waals surface area contributed by atoms with Gasteiger partial charge in [-0.1, -0.05) is 20.8 Å². The van der Waals surface area contributed by atoms with Crippen LogP contribution in [-0.2, 0) is 0 Å². The zero-order valence-electron chi connectivity index (χ0n) is 14.2. The Hall–Kier alpha value is -0.120. The van der Waals surface area contributed by atoms with E-state index in [1.54, 1.807) is 0 Å². The Morgan fingerprint density at radius 2 is 1.62 bits per heavy atom. The maximum Gasteiger partial charge on any atom is 0.0695 e. The van der Waals surface area contributed by atoms with E-state index in [4.69, 9.17) is 0 Å². The highest BCUT2D eigenvalue weighted by molar-refractivity contribution is 4.92. The quantitative estimate of drug-likeness (QED) is 0.867. The van der Waals surface area contributed by atoms with Crippen molar-refractivity contribution in [1.82, 2.24) is 9.80 Å². The van der Waals surface area contributed by atoms with Crippen molar-refractivity contribution in [3.8, 4) is 0 Å². The summed E-state index contributed by atoms with van der Waals surface area (Å²) >= 11 is 0. The molecule has 1 saturated heterocycles. The molecule has 3 rings (SSSR count). The van der Waals surface area contributed by atoms with Gasteiger partial charge in [-0.3, -0.25) is 4.90 Å². The van der Waals surface area contributed by atoms with Gasteiger partial charge in [0.2, 0.25) is 0 Å². The molecule has 0 aromatic carbocycles. The second-order valence-corrected chi connectivity index (χ2v) is 8.79. The van der Waals surface area contributed by atoms with Gasteiger partial charge in [0.1, 0.15) is 0 Å². The Kier molecular flexibility index (Phi) is 4.63. The van der Waals surface area contributed by atoms with Crippen molar-refractivity contribution in [2.75, 3.05) is 32.7 Å². The van der Waals surface area contributed by atoms with E-state index in [1.807, 2.05) is 0 Å². The lowest BCUT2D eigenvalue weighted by Gasteiger charge is -2.47. The van der Waals surface area contributed by atoms with Crippen LogP contribution < -0.4 is 0 Å². The molecule has 3 nitrogen and oxygen atoms in total. The van der Waals surface area contributed by atoms with Crippen molar-refractivity contribution in [3.05, 3.63) is 0 Å². The molecule has 122 valence electrons. The van der Waals surface area contributed by atoms with Gasteiger partial charge in [-0.2, -0.15) is 0 Å². The molecule has 0 aromatic heterocycles. The number of piperazine rings is 1. The fraction of sp³-hybridized carbons (Fsp3) is 1.00. The van der Waals surface area contributed by atoms with E-state index in [2.05, 4.69) is 30.6 Å². The second-order valence-electron chi connectivity index (χ2n) is 8.79. The number of nitrogens with zero attached hydrogens (tertiary/aromatic N) is 2. The summed E-state index contributed by atoms with van der Waals surface area (Å²) in [5.74, 6) is 1.76. The zero-order chi connectivity index (χ0) is 15.0. The first-order valence-electron chi connectivity index (χ1n) is 9.08. The molecule has 3 atom stereocenters. The summed E-state index contributed by atoms with van der Waals surface area (Å²) in [6.45, 7) is 13.1. The summed E-state index contributed by atoms with van der Waals surface area (Å²) in [4.78, 5) is 5.23. The van der Waals surface area contributed by atoms with Crippen LogP contribution >= 0.6 is 0 Å². The first-order valence-corrected chi connectivity index (χ1v) is 9.08. The normalized spacial score (nSPS) is 36.9. The highest BCUT2D eigenvalue weighted by atomic mass is 16.3. The van der Waals surface area contributed by atoms with Crippen LogP contribution in [0.1, 0.15) is 52.9 Å². The molecule has 0 amide bonds. The van der Waals surface area contributed by atoms with Gasteiger partial charge in [0.25, 0.3) is 0 Å². The van der Waals surface area contributed by atoms with Gasteiger partial charge in [-0.25, -0.2) is 0 Å². The van der Waals surface area contributed by atoms with E-state index < -0.39 is 0 Å². The third-order valence-electron chi connectivity index (χ3n) is 6.10. The van der Waals surface area contributed by atoms with Gasteiger partial charge in [0.15, 0.2) is 0 Å². The van der Waals surface area contributed by atoms with Crippen molar-refractivity contribution in [3.63, 3.8) is 0 Å². The SMILES string of the molecule is CC(C)(C)C1CCC(O)C(N2CCN(CC3CC3)CC2)C1. The molecule has 21 heavy (non-hydrogen) atoms. The van der Waals surface area contributed by atoms with E-state index in [0.717, 1.165) is 31.3 Å². The van der Waals surface area contributed by atoms with Crippen LogP contribution in [0.4, 0.5) is 0 Å². The van der Waals surface area contributed by atoms with Crippen LogP contribution in [0.15, 0.2) is 0 Å². The lowest BCUT2D eigenvalue weighted by Crippen LogP contribution is -2.56. The number of aliphatic hydroxyl groups excluding tert-OH is 1. The lowest BCUT2D eigenvalue weighted by atomic mass is 9.70. The smallest absolute Gasteiger partial charge is 0.0695 e. The molecular formula is C18H34N2O. The largest absolute Gasteiger partial charge is 0.391 e. The minimum absolute atomic E-state index is 0.0985. The van der Waals surface area contributed by atoms with Crippen LogP contribution in [0.2, 0.25) is 0 Å². The molecule has 0 radical (unpaired) electrons. The predicted octanol–water partition coefficient (Wildman–Crippen LogP) is 2.59. The number of aliphatic hydroxyl groups is 1. The molecular weight excluding hydrogens is 260 g/mol. The van der Waals surface area contributed by atoms with Gasteiger partial charge < -0.3 is 10.0 Å². The maximum absolute atomic E-state index is 10.5. The summed E-state index contributed by atoms with van der Waals surface area (Å²) in [5, 5.41) is 10.5. The minimum Gasteiger partial charge on any atom is -0.391 e. The summed E-state index contributed by atoms with van der Waals surface area (Å²) in [6, 6.07) is 0.408. The zero-order valence-corrected chi connectivity index (χ0v) is 14.2. The Morgan fingerprint density at radius 1 is 0.952 bits per heavy atom. The van der Waals surface area contributed by atoms with Gasteiger partial charge in [0, 0.05) is 38.8 Å². The molecule has 1 N–H and O–H groups in total.